The SMILES string of the molecule is Cc1ncsc1CN(C)CCNC(C)C. The average Bonchev–Trinajstić information content (AvgIpc) is 2.51. The van der Waals surface area contributed by atoms with E-state index in [1.54, 1.807) is 11.3 Å². The molecule has 4 heteroatoms. The molecule has 15 heavy (non-hydrogen) atoms. The molecule has 3 nitrogen and oxygen atoms in total. The van der Waals surface area contributed by atoms with Crippen LogP contribution in [0.25, 0.3) is 0 Å². The Morgan fingerprint density at radius 3 is 2.80 bits per heavy atom. The van der Waals surface area contributed by atoms with Gasteiger partial charge < -0.3 is 5.32 Å². The van der Waals surface area contributed by atoms with E-state index in [4.69, 9.17) is 0 Å². The van der Waals surface area contributed by atoms with Crippen molar-refractivity contribution >= 4 is 11.3 Å². The van der Waals surface area contributed by atoms with E-state index in [-0.39, 0.29) is 0 Å². The van der Waals surface area contributed by atoms with Gasteiger partial charge in [0.05, 0.1) is 11.2 Å². The smallest absolute Gasteiger partial charge is 0.0798 e. The van der Waals surface area contributed by atoms with E-state index in [1.165, 1.54) is 10.6 Å². The van der Waals surface area contributed by atoms with Crippen LogP contribution in [0.1, 0.15) is 24.4 Å². The van der Waals surface area contributed by atoms with Gasteiger partial charge in [0.15, 0.2) is 0 Å². The summed E-state index contributed by atoms with van der Waals surface area (Å²) in [5.74, 6) is 0. The van der Waals surface area contributed by atoms with Crippen molar-refractivity contribution in [3.8, 4) is 0 Å². The van der Waals surface area contributed by atoms with Crippen molar-refractivity contribution in [3.63, 3.8) is 0 Å². The number of aryl methyl sites for hydroxylation is 1. The van der Waals surface area contributed by atoms with E-state index >= 15 is 0 Å². The Balaban J connectivity index is 2.24. The minimum atomic E-state index is 0.573. The van der Waals surface area contributed by atoms with Gasteiger partial charge in [-0.25, -0.2) is 4.98 Å². The number of thiazole rings is 1. The van der Waals surface area contributed by atoms with Crippen molar-refractivity contribution in [3.05, 3.63) is 16.1 Å². The molecule has 0 bridgehead atoms. The Morgan fingerprint density at radius 2 is 2.27 bits per heavy atom. The van der Waals surface area contributed by atoms with Crippen molar-refractivity contribution < 1.29 is 0 Å². The molecule has 1 rings (SSSR count). The van der Waals surface area contributed by atoms with Gasteiger partial charge >= 0.3 is 0 Å². The van der Waals surface area contributed by atoms with Gasteiger partial charge in [-0.05, 0) is 14.0 Å². The van der Waals surface area contributed by atoms with Crippen molar-refractivity contribution in [2.24, 2.45) is 0 Å². The van der Waals surface area contributed by atoms with E-state index in [0.717, 1.165) is 19.6 Å². The standard InChI is InChI=1S/C11H21N3S/c1-9(2)12-5-6-14(4)7-11-10(3)13-8-15-11/h8-9,12H,5-7H2,1-4H3. The topological polar surface area (TPSA) is 28.2 Å². The van der Waals surface area contributed by atoms with Gasteiger partial charge in [0, 0.05) is 30.6 Å². The van der Waals surface area contributed by atoms with Crippen LogP contribution in [0.2, 0.25) is 0 Å². The molecule has 0 fully saturated rings. The highest BCUT2D eigenvalue weighted by atomic mass is 32.1. The molecular weight excluding hydrogens is 206 g/mol. The third kappa shape index (κ3) is 4.73. The second-order valence-electron chi connectivity index (χ2n) is 4.21. The molecule has 0 spiro atoms. The summed E-state index contributed by atoms with van der Waals surface area (Å²) < 4.78 is 0. The minimum Gasteiger partial charge on any atom is -0.313 e. The van der Waals surface area contributed by atoms with Crippen LogP contribution in [0.5, 0.6) is 0 Å². The Kier molecular flexibility index (Phi) is 5.22. The van der Waals surface area contributed by atoms with Crippen molar-refractivity contribution in [2.75, 3.05) is 20.1 Å². The maximum Gasteiger partial charge on any atom is 0.0798 e. The number of likely N-dealkylation sites (N-methyl/N-ethyl adjacent to an activating group) is 1. The number of hydrogen-bond donors (Lipinski definition) is 1. The fourth-order valence-corrected chi connectivity index (χ4v) is 2.20. The molecule has 86 valence electrons. The Morgan fingerprint density at radius 1 is 1.53 bits per heavy atom. The molecule has 0 radical (unpaired) electrons. The molecule has 0 aliphatic rings. The molecule has 1 aromatic rings. The molecule has 1 aromatic heterocycles. The molecule has 1 heterocycles. The summed E-state index contributed by atoms with van der Waals surface area (Å²) >= 11 is 1.74. The highest BCUT2D eigenvalue weighted by Crippen LogP contribution is 2.13. The third-order valence-electron chi connectivity index (χ3n) is 2.30. The van der Waals surface area contributed by atoms with Gasteiger partial charge in [0.2, 0.25) is 0 Å². The first-order valence-electron chi connectivity index (χ1n) is 5.40. The molecule has 1 N–H and O–H groups in total. The third-order valence-corrected chi connectivity index (χ3v) is 3.22. The first-order chi connectivity index (χ1) is 7.09. The molecule has 0 unspecified atom stereocenters. The largest absolute Gasteiger partial charge is 0.313 e. The van der Waals surface area contributed by atoms with Crippen molar-refractivity contribution in [1.82, 2.24) is 15.2 Å². The average molecular weight is 227 g/mol. The van der Waals surface area contributed by atoms with E-state index in [9.17, 15) is 0 Å². The summed E-state index contributed by atoms with van der Waals surface area (Å²) in [6.07, 6.45) is 0. The highest BCUT2D eigenvalue weighted by Gasteiger charge is 2.05. The zero-order chi connectivity index (χ0) is 11.3. The number of hydrogen-bond acceptors (Lipinski definition) is 4. The molecule has 0 saturated heterocycles. The summed E-state index contributed by atoms with van der Waals surface area (Å²) in [6, 6.07) is 0.573. The Hall–Kier alpha value is -0.450. The van der Waals surface area contributed by atoms with Crippen LogP contribution in [-0.4, -0.2) is 36.1 Å². The van der Waals surface area contributed by atoms with Crippen LogP contribution in [0.4, 0.5) is 0 Å². The molecule has 0 saturated carbocycles. The molecule has 0 aromatic carbocycles. The second kappa shape index (κ2) is 6.20. The first-order valence-corrected chi connectivity index (χ1v) is 6.28. The van der Waals surface area contributed by atoms with Crippen molar-refractivity contribution in [2.45, 2.75) is 33.4 Å². The van der Waals surface area contributed by atoms with E-state index < -0.39 is 0 Å². The quantitative estimate of drug-likeness (QED) is 0.804. The number of nitrogens with zero attached hydrogens (tertiary/aromatic N) is 2. The molecule has 0 aliphatic heterocycles. The molecule has 0 aliphatic carbocycles. The van der Waals surface area contributed by atoms with Crippen LogP contribution < -0.4 is 5.32 Å². The van der Waals surface area contributed by atoms with Gasteiger partial charge in [-0.3, -0.25) is 4.90 Å². The van der Waals surface area contributed by atoms with Crippen LogP contribution in [0, 0.1) is 6.92 Å². The van der Waals surface area contributed by atoms with Crippen LogP contribution in [0.3, 0.4) is 0 Å². The van der Waals surface area contributed by atoms with Gasteiger partial charge in [-0.2, -0.15) is 0 Å². The zero-order valence-corrected chi connectivity index (χ0v) is 10.9. The van der Waals surface area contributed by atoms with Gasteiger partial charge in [0.1, 0.15) is 0 Å². The second-order valence-corrected chi connectivity index (χ2v) is 5.15. The number of aromatic nitrogens is 1. The lowest BCUT2D eigenvalue weighted by Gasteiger charge is -2.17. The fraction of sp³-hybridized carbons (Fsp3) is 0.727. The minimum absolute atomic E-state index is 0.573. The van der Waals surface area contributed by atoms with Gasteiger partial charge in [-0.15, -0.1) is 11.3 Å². The molecular formula is C11H21N3S. The lowest BCUT2D eigenvalue weighted by atomic mass is 10.3. The Labute approximate surface area is 96.5 Å². The number of rotatable bonds is 6. The monoisotopic (exact) mass is 227 g/mol. The summed E-state index contributed by atoms with van der Waals surface area (Å²) in [5, 5.41) is 3.42. The van der Waals surface area contributed by atoms with Crippen LogP contribution in [-0.2, 0) is 6.54 Å². The van der Waals surface area contributed by atoms with Crippen LogP contribution in [0.15, 0.2) is 5.51 Å². The molecule has 0 atom stereocenters. The summed E-state index contributed by atoms with van der Waals surface area (Å²) in [7, 11) is 2.15. The van der Waals surface area contributed by atoms with Gasteiger partial charge in [-0.1, -0.05) is 13.8 Å². The highest BCUT2D eigenvalue weighted by molar-refractivity contribution is 7.09. The fourth-order valence-electron chi connectivity index (χ4n) is 1.35. The summed E-state index contributed by atoms with van der Waals surface area (Å²) in [5.41, 5.74) is 3.09. The normalized spacial score (nSPS) is 11.6. The maximum absolute atomic E-state index is 4.25. The van der Waals surface area contributed by atoms with Crippen molar-refractivity contribution in [1.29, 1.82) is 0 Å². The number of nitrogens with one attached hydrogen (secondary N) is 1. The van der Waals surface area contributed by atoms with E-state index in [0.29, 0.717) is 6.04 Å². The maximum atomic E-state index is 4.25. The molecule has 0 amide bonds. The van der Waals surface area contributed by atoms with Gasteiger partial charge in [0.25, 0.3) is 0 Å². The Bertz CT molecular complexity index is 283. The van der Waals surface area contributed by atoms with E-state index in [2.05, 4.69) is 43.0 Å². The zero-order valence-electron chi connectivity index (χ0n) is 10.1. The van der Waals surface area contributed by atoms with Crippen LogP contribution >= 0.6 is 11.3 Å². The summed E-state index contributed by atoms with van der Waals surface area (Å²) in [6.45, 7) is 9.56. The first kappa shape index (κ1) is 12.6. The predicted molar refractivity (Wildman–Crippen MR) is 66.3 cm³/mol. The van der Waals surface area contributed by atoms with E-state index in [1.807, 2.05) is 5.51 Å². The summed E-state index contributed by atoms with van der Waals surface area (Å²) in [4.78, 5) is 7.96. The lowest BCUT2D eigenvalue weighted by molar-refractivity contribution is 0.322. The lowest BCUT2D eigenvalue weighted by Crippen LogP contribution is -2.32. The predicted octanol–water partition coefficient (Wildman–Crippen LogP) is 1.88.